The maximum atomic E-state index is 9.86. The average molecular weight is 258 g/mol. The van der Waals surface area contributed by atoms with Gasteiger partial charge in [0.2, 0.25) is 5.75 Å². The minimum atomic E-state index is -0.459. The van der Waals surface area contributed by atoms with E-state index in [-0.39, 0.29) is 11.5 Å². The van der Waals surface area contributed by atoms with Gasteiger partial charge in [0.25, 0.3) is 0 Å². The van der Waals surface area contributed by atoms with Crippen molar-refractivity contribution in [3.63, 3.8) is 0 Å². The van der Waals surface area contributed by atoms with Crippen molar-refractivity contribution in [2.45, 2.75) is 26.2 Å². The topological polar surface area (TPSA) is 60.7 Å². The quantitative estimate of drug-likeness (QED) is 0.738. The maximum absolute atomic E-state index is 9.86. The van der Waals surface area contributed by atoms with E-state index in [1.54, 1.807) is 6.07 Å². The number of hydrogen-bond acceptors (Lipinski definition) is 3. The number of benzene rings is 2. The van der Waals surface area contributed by atoms with Crippen molar-refractivity contribution in [1.82, 2.24) is 0 Å². The van der Waals surface area contributed by atoms with Gasteiger partial charge in [-0.15, -0.1) is 0 Å². The van der Waals surface area contributed by atoms with Crippen LogP contribution in [-0.4, -0.2) is 15.3 Å². The van der Waals surface area contributed by atoms with Gasteiger partial charge in [0, 0.05) is 12.0 Å². The van der Waals surface area contributed by atoms with E-state index >= 15 is 0 Å². The van der Waals surface area contributed by atoms with Crippen molar-refractivity contribution in [3.8, 4) is 17.2 Å². The summed E-state index contributed by atoms with van der Waals surface area (Å²) in [5.74, 6) is -0.625. The molecule has 0 aromatic heterocycles. The molecule has 0 atom stereocenters. The van der Waals surface area contributed by atoms with Gasteiger partial charge in [-0.05, 0) is 23.1 Å². The lowest BCUT2D eigenvalue weighted by atomic mass is 9.92. The molecule has 0 saturated heterocycles. The number of rotatable bonds is 3. The Morgan fingerprint density at radius 2 is 1.53 bits per heavy atom. The molecule has 3 nitrogen and oxygen atoms in total. The van der Waals surface area contributed by atoms with Crippen molar-refractivity contribution in [1.29, 1.82) is 0 Å². The highest BCUT2D eigenvalue weighted by atomic mass is 16.3. The van der Waals surface area contributed by atoms with Crippen molar-refractivity contribution in [3.05, 3.63) is 53.1 Å². The van der Waals surface area contributed by atoms with Gasteiger partial charge in [-0.1, -0.05) is 44.2 Å². The van der Waals surface area contributed by atoms with E-state index in [0.717, 1.165) is 5.56 Å². The summed E-state index contributed by atoms with van der Waals surface area (Å²) in [6.07, 6.45) is 0.522. The summed E-state index contributed by atoms with van der Waals surface area (Å²) in [5, 5.41) is 28.7. The minimum Gasteiger partial charge on any atom is -0.504 e. The number of phenols is 3. The van der Waals surface area contributed by atoms with Crippen LogP contribution in [0.4, 0.5) is 0 Å². The second-order valence-electron chi connectivity index (χ2n) is 4.97. The zero-order chi connectivity index (χ0) is 14.0. The highest BCUT2D eigenvalue weighted by Gasteiger charge is 2.13. The molecule has 0 fully saturated rings. The van der Waals surface area contributed by atoms with Gasteiger partial charge in [-0.25, -0.2) is 0 Å². The second-order valence-corrected chi connectivity index (χ2v) is 4.97. The molecule has 0 aliphatic rings. The first kappa shape index (κ1) is 13.3. The van der Waals surface area contributed by atoms with Gasteiger partial charge in [-0.3, -0.25) is 0 Å². The third-order valence-corrected chi connectivity index (χ3v) is 3.27. The Labute approximate surface area is 112 Å². The van der Waals surface area contributed by atoms with Crippen molar-refractivity contribution < 1.29 is 15.3 Å². The molecule has 2 aromatic rings. The molecule has 0 aliphatic heterocycles. The van der Waals surface area contributed by atoms with Crippen LogP contribution in [0.1, 0.15) is 36.5 Å². The van der Waals surface area contributed by atoms with E-state index in [1.807, 2.05) is 18.2 Å². The molecule has 2 rings (SSSR count). The maximum Gasteiger partial charge on any atom is 0.200 e. The van der Waals surface area contributed by atoms with Crippen molar-refractivity contribution in [2.24, 2.45) is 0 Å². The van der Waals surface area contributed by atoms with Crippen LogP contribution in [0.25, 0.3) is 0 Å². The molecule has 19 heavy (non-hydrogen) atoms. The molecular formula is C16H18O3. The van der Waals surface area contributed by atoms with Gasteiger partial charge in [0.1, 0.15) is 0 Å². The molecule has 0 amide bonds. The summed E-state index contributed by atoms with van der Waals surface area (Å²) in [7, 11) is 0. The minimum absolute atomic E-state index is 0.251. The summed E-state index contributed by atoms with van der Waals surface area (Å²) >= 11 is 0. The highest BCUT2D eigenvalue weighted by molar-refractivity contribution is 5.54. The summed E-state index contributed by atoms with van der Waals surface area (Å²) in [6, 6.07) is 11.0. The van der Waals surface area contributed by atoms with E-state index in [0.29, 0.717) is 17.9 Å². The molecule has 0 radical (unpaired) electrons. The van der Waals surface area contributed by atoms with Gasteiger partial charge in [0.15, 0.2) is 11.5 Å². The molecule has 2 aromatic carbocycles. The van der Waals surface area contributed by atoms with Gasteiger partial charge < -0.3 is 15.3 Å². The molecule has 0 unspecified atom stereocenters. The zero-order valence-corrected chi connectivity index (χ0v) is 11.1. The highest BCUT2D eigenvalue weighted by Crippen LogP contribution is 2.38. The SMILES string of the molecule is CC(C)c1ccccc1Cc1ccc(O)c(O)c1O. The molecule has 3 heteroatoms. The number of hydrogen-bond donors (Lipinski definition) is 3. The lowest BCUT2D eigenvalue weighted by molar-refractivity contribution is 0.365. The normalized spacial score (nSPS) is 10.9. The van der Waals surface area contributed by atoms with E-state index < -0.39 is 5.75 Å². The third-order valence-electron chi connectivity index (χ3n) is 3.27. The lowest BCUT2D eigenvalue weighted by Gasteiger charge is -2.14. The number of aromatic hydroxyl groups is 3. The average Bonchev–Trinajstić information content (AvgIpc) is 2.40. The predicted octanol–water partition coefficient (Wildman–Crippen LogP) is 3.52. The van der Waals surface area contributed by atoms with Gasteiger partial charge >= 0.3 is 0 Å². The summed E-state index contributed by atoms with van der Waals surface area (Å²) in [5.41, 5.74) is 2.93. The standard InChI is InChI=1S/C16H18O3/c1-10(2)13-6-4-3-5-11(13)9-12-7-8-14(17)16(19)15(12)18/h3-8,10,17-19H,9H2,1-2H3. The Balaban J connectivity index is 2.40. The Hall–Kier alpha value is -2.16. The third kappa shape index (κ3) is 2.65. The summed E-state index contributed by atoms with van der Waals surface area (Å²) in [4.78, 5) is 0. The van der Waals surface area contributed by atoms with Crippen LogP contribution in [-0.2, 0) is 6.42 Å². The fourth-order valence-corrected chi connectivity index (χ4v) is 2.22. The molecule has 3 N–H and O–H groups in total. The van der Waals surface area contributed by atoms with Crippen LogP contribution in [0.2, 0.25) is 0 Å². The Bertz CT molecular complexity index is 589. The summed E-state index contributed by atoms with van der Waals surface area (Å²) in [6.45, 7) is 4.24. The lowest BCUT2D eigenvalue weighted by Crippen LogP contribution is -1.97. The van der Waals surface area contributed by atoms with E-state index in [9.17, 15) is 15.3 Å². The Kier molecular flexibility index (Phi) is 3.65. The molecule has 0 bridgehead atoms. The molecular weight excluding hydrogens is 240 g/mol. The zero-order valence-electron chi connectivity index (χ0n) is 11.1. The Morgan fingerprint density at radius 3 is 2.21 bits per heavy atom. The summed E-state index contributed by atoms with van der Waals surface area (Å²) < 4.78 is 0. The van der Waals surface area contributed by atoms with Gasteiger partial charge in [-0.2, -0.15) is 0 Å². The molecule has 0 spiro atoms. The van der Waals surface area contributed by atoms with Crippen LogP contribution in [0.3, 0.4) is 0 Å². The first-order valence-electron chi connectivity index (χ1n) is 6.31. The van der Waals surface area contributed by atoms with Crippen LogP contribution in [0.15, 0.2) is 36.4 Å². The number of phenolic OH excluding ortho intramolecular Hbond substituents is 3. The largest absolute Gasteiger partial charge is 0.504 e. The van der Waals surface area contributed by atoms with E-state index in [1.165, 1.54) is 11.6 Å². The first-order valence-corrected chi connectivity index (χ1v) is 6.31. The molecule has 100 valence electrons. The predicted molar refractivity (Wildman–Crippen MR) is 74.8 cm³/mol. The van der Waals surface area contributed by atoms with Crippen molar-refractivity contribution >= 4 is 0 Å². The van der Waals surface area contributed by atoms with Crippen LogP contribution in [0, 0.1) is 0 Å². The molecule has 0 saturated carbocycles. The Morgan fingerprint density at radius 1 is 0.842 bits per heavy atom. The van der Waals surface area contributed by atoms with E-state index in [4.69, 9.17) is 0 Å². The fourth-order valence-electron chi connectivity index (χ4n) is 2.22. The second kappa shape index (κ2) is 5.22. The monoisotopic (exact) mass is 258 g/mol. The van der Waals surface area contributed by atoms with Crippen molar-refractivity contribution in [2.75, 3.05) is 0 Å². The van der Waals surface area contributed by atoms with Crippen LogP contribution < -0.4 is 0 Å². The van der Waals surface area contributed by atoms with Gasteiger partial charge in [0.05, 0.1) is 0 Å². The van der Waals surface area contributed by atoms with Crippen LogP contribution in [0.5, 0.6) is 17.2 Å². The smallest absolute Gasteiger partial charge is 0.200 e. The first-order chi connectivity index (χ1) is 9.00. The van der Waals surface area contributed by atoms with E-state index in [2.05, 4.69) is 19.9 Å². The molecule has 0 heterocycles. The molecule has 0 aliphatic carbocycles. The fraction of sp³-hybridized carbons (Fsp3) is 0.250. The van der Waals surface area contributed by atoms with Crippen LogP contribution >= 0.6 is 0 Å².